The van der Waals surface area contributed by atoms with Crippen molar-refractivity contribution in [3.8, 4) is 0 Å². The van der Waals surface area contributed by atoms with Crippen LogP contribution in [0.2, 0.25) is 0 Å². The zero-order valence-corrected chi connectivity index (χ0v) is 7.61. The van der Waals surface area contributed by atoms with Crippen LogP contribution < -0.4 is 0 Å². The Morgan fingerprint density at radius 2 is 2.00 bits per heavy atom. The van der Waals surface area contributed by atoms with Gasteiger partial charge in [0.05, 0.1) is 0 Å². The third kappa shape index (κ3) is 6.67. The molecular formula is C6H14O5P+. The highest BCUT2D eigenvalue weighted by Crippen LogP contribution is 2.52. The Morgan fingerprint density at radius 3 is 2.50 bits per heavy atom. The fourth-order valence-corrected chi connectivity index (χ4v) is 1.18. The molecule has 0 aromatic heterocycles. The molecule has 0 saturated heterocycles. The normalized spacial score (nSPS) is 11.6. The van der Waals surface area contributed by atoms with E-state index in [0.717, 1.165) is 0 Å². The van der Waals surface area contributed by atoms with Crippen LogP contribution in [0.3, 0.4) is 0 Å². The smallest absolute Gasteiger partial charge is 0.396 e. The maximum absolute atomic E-state index is 8.96. The number of rotatable bonds is 7. The topological polar surface area (TPSA) is 79.2 Å². The molecule has 0 heterocycles. The molecule has 12 heavy (non-hydrogen) atoms. The summed E-state index contributed by atoms with van der Waals surface area (Å²) in [5.74, 6) is 0. The van der Waals surface area contributed by atoms with E-state index in [1.807, 2.05) is 0 Å². The lowest BCUT2D eigenvalue weighted by atomic mass is 10.5. The Balaban J connectivity index is 3.48. The predicted octanol–water partition coefficient (Wildman–Crippen LogP) is 0.250. The molecule has 0 rings (SSSR count). The van der Waals surface area contributed by atoms with Gasteiger partial charge in [0.2, 0.25) is 0 Å². The summed E-state index contributed by atoms with van der Waals surface area (Å²) in [6.45, 7) is 3.37. The molecule has 0 amide bonds. The van der Waals surface area contributed by atoms with E-state index in [1.54, 1.807) is 0 Å². The Bertz CT molecular complexity index is 127. The molecule has 0 aliphatic rings. The van der Waals surface area contributed by atoms with Crippen molar-refractivity contribution in [2.24, 2.45) is 0 Å². The van der Waals surface area contributed by atoms with Gasteiger partial charge in [0.25, 0.3) is 0 Å². The molecule has 0 aromatic carbocycles. The average Bonchev–Trinajstić information content (AvgIpc) is 2.01. The van der Waals surface area contributed by atoms with Crippen molar-refractivity contribution in [3.05, 3.63) is 12.7 Å². The Morgan fingerprint density at radius 1 is 1.33 bits per heavy atom. The highest BCUT2D eigenvalue weighted by atomic mass is 31.2. The van der Waals surface area contributed by atoms with Gasteiger partial charge in [-0.2, -0.15) is 14.3 Å². The molecule has 0 saturated carbocycles. The molecule has 3 N–H and O–H groups in total. The lowest BCUT2D eigenvalue weighted by molar-refractivity contribution is 0.118. The van der Waals surface area contributed by atoms with E-state index >= 15 is 0 Å². The van der Waals surface area contributed by atoms with Gasteiger partial charge in [-0.05, 0) is 6.42 Å². The van der Waals surface area contributed by atoms with E-state index in [-0.39, 0.29) is 19.8 Å². The highest BCUT2D eigenvalue weighted by molar-refractivity contribution is 7.54. The van der Waals surface area contributed by atoms with Gasteiger partial charge in [-0.25, -0.2) is 0 Å². The van der Waals surface area contributed by atoms with Gasteiger partial charge in [0.1, 0.15) is 13.2 Å². The standard InChI is InChI=1S/C6H14O5P/c1-2-5-10-12(8,9)11-6-3-4-7/h2,7-9H,1,3-6H2/q+1. The summed E-state index contributed by atoms with van der Waals surface area (Å²) in [7, 11) is -3.67. The van der Waals surface area contributed by atoms with Gasteiger partial charge in [0, 0.05) is 6.61 Å². The van der Waals surface area contributed by atoms with Crippen molar-refractivity contribution in [2.45, 2.75) is 6.42 Å². The Hall–Kier alpha value is -0.0300. The fraction of sp³-hybridized carbons (Fsp3) is 0.667. The van der Waals surface area contributed by atoms with Crippen LogP contribution in [0.1, 0.15) is 6.42 Å². The number of hydrogen-bond donors (Lipinski definition) is 3. The van der Waals surface area contributed by atoms with Gasteiger partial charge in [-0.3, -0.25) is 0 Å². The lowest BCUT2D eigenvalue weighted by Gasteiger charge is -2.07. The van der Waals surface area contributed by atoms with Gasteiger partial charge in [-0.1, -0.05) is 6.08 Å². The molecule has 0 spiro atoms. The zero-order chi connectivity index (χ0) is 9.45. The molecule has 0 fully saturated rings. The lowest BCUT2D eigenvalue weighted by Crippen LogP contribution is -2.04. The van der Waals surface area contributed by atoms with Crippen LogP contribution in [0.25, 0.3) is 0 Å². The minimum absolute atomic E-state index is 0.0277. The Kier molecular flexibility index (Phi) is 6.47. The first kappa shape index (κ1) is 12.0. The molecule has 0 radical (unpaired) electrons. The highest BCUT2D eigenvalue weighted by Gasteiger charge is 2.38. The first-order valence-corrected chi connectivity index (χ1v) is 5.01. The van der Waals surface area contributed by atoms with E-state index in [9.17, 15) is 0 Å². The Labute approximate surface area is 71.9 Å². The summed E-state index contributed by atoms with van der Waals surface area (Å²) in [5, 5.41) is 8.35. The van der Waals surface area contributed by atoms with E-state index in [1.165, 1.54) is 6.08 Å². The largest absolute Gasteiger partial charge is 0.570 e. The van der Waals surface area contributed by atoms with Crippen molar-refractivity contribution in [2.75, 3.05) is 19.8 Å². The fourth-order valence-electron chi connectivity index (χ4n) is 0.435. The van der Waals surface area contributed by atoms with E-state index < -0.39 is 8.17 Å². The molecule has 6 heteroatoms. The summed E-state index contributed by atoms with van der Waals surface area (Å²) in [6, 6.07) is 0. The van der Waals surface area contributed by atoms with Crippen LogP contribution in [0, 0.1) is 0 Å². The van der Waals surface area contributed by atoms with Gasteiger partial charge < -0.3 is 5.11 Å². The van der Waals surface area contributed by atoms with Crippen LogP contribution in [-0.2, 0) is 9.05 Å². The molecule has 0 aromatic rings. The molecule has 72 valence electrons. The van der Waals surface area contributed by atoms with E-state index in [0.29, 0.717) is 6.42 Å². The monoisotopic (exact) mass is 197 g/mol. The summed E-state index contributed by atoms with van der Waals surface area (Å²) in [5.41, 5.74) is 0. The molecule has 0 aliphatic carbocycles. The molecular weight excluding hydrogens is 183 g/mol. The maximum atomic E-state index is 8.96. The van der Waals surface area contributed by atoms with Crippen molar-refractivity contribution >= 4 is 8.17 Å². The van der Waals surface area contributed by atoms with Gasteiger partial charge >= 0.3 is 8.17 Å². The quantitative estimate of drug-likeness (QED) is 0.310. The number of aliphatic hydroxyl groups is 1. The second-order valence-electron chi connectivity index (χ2n) is 1.99. The van der Waals surface area contributed by atoms with Crippen molar-refractivity contribution in [1.29, 1.82) is 0 Å². The summed E-state index contributed by atoms with van der Waals surface area (Å²) >= 11 is 0. The first-order chi connectivity index (χ1) is 5.62. The van der Waals surface area contributed by atoms with Crippen LogP contribution >= 0.6 is 8.17 Å². The third-order valence-corrected chi connectivity index (χ3v) is 1.93. The second kappa shape index (κ2) is 6.48. The molecule has 0 unspecified atom stereocenters. The van der Waals surface area contributed by atoms with Crippen molar-refractivity contribution in [3.63, 3.8) is 0 Å². The number of hydrogen-bond acceptors (Lipinski definition) is 5. The van der Waals surface area contributed by atoms with Gasteiger partial charge in [0.15, 0.2) is 0 Å². The van der Waals surface area contributed by atoms with Crippen LogP contribution in [0.5, 0.6) is 0 Å². The summed E-state index contributed by atoms with van der Waals surface area (Å²) in [6.07, 6.45) is 1.73. The second-order valence-corrected chi connectivity index (χ2v) is 3.48. The van der Waals surface area contributed by atoms with Crippen molar-refractivity contribution < 1.29 is 23.9 Å². The third-order valence-electron chi connectivity index (χ3n) is 0.922. The molecule has 0 atom stereocenters. The SMILES string of the molecule is C=CCO[P+](O)(O)OCCCO. The summed E-state index contributed by atoms with van der Waals surface area (Å²) in [4.78, 5) is 17.9. The average molecular weight is 197 g/mol. The maximum Gasteiger partial charge on any atom is 0.570 e. The van der Waals surface area contributed by atoms with Gasteiger partial charge in [-0.15, -0.1) is 11.1 Å². The number of aliphatic hydroxyl groups excluding tert-OH is 1. The van der Waals surface area contributed by atoms with Crippen LogP contribution in [0.15, 0.2) is 12.7 Å². The molecule has 5 nitrogen and oxygen atoms in total. The summed E-state index contributed by atoms with van der Waals surface area (Å²) < 4.78 is 9.09. The first-order valence-electron chi connectivity index (χ1n) is 3.48. The van der Waals surface area contributed by atoms with Crippen LogP contribution in [0.4, 0.5) is 0 Å². The zero-order valence-electron chi connectivity index (χ0n) is 6.72. The minimum Gasteiger partial charge on any atom is -0.396 e. The predicted molar refractivity (Wildman–Crippen MR) is 45.2 cm³/mol. The molecule has 0 bridgehead atoms. The molecule has 0 aliphatic heterocycles. The van der Waals surface area contributed by atoms with Crippen molar-refractivity contribution in [1.82, 2.24) is 0 Å². The van der Waals surface area contributed by atoms with Crippen LogP contribution in [-0.4, -0.2) is 34.7 Å². The van der Waals surface area contributed by atoms with E-state index in [4.69, 9.17) is 14.9 Å². The van der Waals surface area contributed by atoms with E-state index in [2.05, 4.69) is 15.6 Å². The minimum atomic E-state index is -3.67.